The van der Waals surface area contributed by atoms with E-state index in [1.807, 2.05) is 6.20 Å². The predicted octanol–water partition coefficient (Wildman–Crippen LogP) is 0.655. The lowest BCUT2D eigenvalue weighted by atomic mass is 10.0. The molecule has 1 aromatic rings. The standard InChI is InChI=1S/C13H23N5O/c1-2-5-17-6-3-11(4-7-17)16-12-8-15-18(9-12)10-13(14)19/h8-9,11,16H,2-7,10H2,1H3,(H2,14,19). The Morgan fingerprint density at radius 2 is 2.26 bits per heavy atom. The van der Waals surface area contributed by atoms with Crippen LogP contribution in [0.25, 0.3) is 0 Å². The fraction of sp³-hybridized carbons (Fsp3) is 0.692. The minimum atomic E-state index is -0.373. The second-order valence-electron chi connectivity index (χ2n) is 5.15. The highest BCUT2D eigenvalue weighted by Gasteiger charge is 2.18. The molecule has 0 radical (unpaired) electrons. The SMILES string of the molecule is CCCN1CCC(Nc2cnn(CC(N)=O)c2)CC1. The van der Waals surface area contributed by atoms with Crippen LogP contribution < -0.4 is 11.1 Å². The van der Waals surface area contributed by atoms with Crippen LogP contribution >= 0.6 is 0 Å². The van der Waals surface area contributed by atoms with Gasteiger partial charge in [0.2, 0.25) is 5.91 Å². The molecule has 2 rings (SSSR count). The van der Waals surface area contributed by atoms with E-state index < -0.39 is 0 Å². The highest BCUT2D eigenvalue weighted by molar-refractivity contribution is 5.73. The first-order valence-electron chi connectivity index (χ1n) is 6.97. The molecule has 6 nitrogen and oxygen atoms in total. The molecule has 6 heteroatoms. The van der Waals surface area contributed by atoms with Crippen LogP contribution in [-0.2, 0) is 11.3 Å². The van der Waals surface area contributed by atoms with E-state index in [1.54, 1.807) is 10.9 Å². The number of rotatable bonds is 6. The molecule has 1 aliphatic heterocycles. The first-order chi connectivity index (χ1) is 9.17. The van der Waals surface area contributed by atoms with Gasteiger partial charge in [0.15, 0.2) is 0 Å². The van der Waals surface area contributed by atoms with Crippen molar-refractivity contribution in [3.63, 3.8) is 0 Å². The van der Waals surface area contributed by atoms with Crippen molar-refractivity contribution >= 4 is 11.6 Å². The summed E-state index contributed by atoms with van der Waals surface area (Å²) >= 11 is 0. The summed E-state index contributed by atoms with van der Waals surface area (Å²) in [4.78, 5) is 13.3. The number of nitrogens with two attached hydrogens (primary N) is 1. The Hall–Kier alpha value is -1.56. The number of anilines is 1. The summed E-state index contributed by atoms with van der Waals surface area (Å²) in [6, 6.07) is 0.499. The maximum absolute atomic E-state index is 10.8. The summed E-state index contributed by atoms with van der Waals surface area (Å²) in [6.45, 7) is 5.86. The molecule has 0 aromatic carbocycles. The van der Waals surface area contributed by atoms with Crippen molar-refractivity contribution in [2.75, 3.05) is 25.0 Å². The van der Waals surface area contributed by atoms with Gasteiger partial charge in [0.05, 0.1) is 11.9 Å². The third kappa shape index (κ3) is 4.24. The maximum Gasteiger partial charge on any atom is 0.239 e. The molecule has 0 saturated carbocycles. The van der Waals surface area contributed by atoms with Gasteiger partial charge >= 0.3 is 0 Å². The fourth-order valence-corrected chi connectivity index (χ4v) is 2.54. The number of likely N-dealkylation sites (tertiary alicyclic amines) is 1. The van der Waals surface area contributed by atoms with Gasteiger partial charge in [-0.25, -0.2) is 0 Å². The van der Waals surface area contributed by atoms with E-state index in [2.05, 4.69) is 22.2 Å². The van der Waals surface area contributed by atoms with E-state index in [0.717, 1.165) is 31.6 Å². The van der Waals surface area contributed by atoms with Gasteiger partial charge in [0.1, 0.15) is 6.54 Å². The molecule has 1 aromatic heterocycles. The van der Waals surface area contributed by atoms with Crippen LogP contribution in [0.4, 0.5) is 5.69 Å². The van der Waals surface area contributed by atoms with E-state index >= 15 is 0 Å². The van der Waals surface area contributed by atoms with Gasteiger partial charge in [-0.1, -0.05) is 6.92 Å². The van der Waals surface area contributed by atoms with Crippen molar-refractivity contribution in [2.24, 2.45) is 5.73 Å². The second-order valence-corrected chi connectivity index (χ2v) is 5.15. The molecule has 0 atom stereocenters. The van der Waals surface area contributed by atoms with Gasteiger partial charge in [-0.2, -0.15) is 5.10 Å². The quantitative estimate of drug-likeness (QED) is 0.792. The average molecular weight is 265 g/mol. The number of hydrogen-bond donors (Lipinski definition) is 2. The number of aromatic nitrogens is 2. The van der Waals surface area contributed by atoms with Gasteiger partial charge in [0, 0.05) is 25.3 Å². The smallest absolute Gasteiger partial charge is 0.239 e. The molecule has 1 fully saturated rings. The Labute approximate surface area is 113 Å². The summed E-state index contributed by atoms with van der Waals surface area (Å²) in [5.41, 5.74) is 6.10. The van der Waals surface area contributed by atoms with Crippen molar-refractivity contribution in [1.82, 2.24) is 14.7 Å². The number of carbonyl (C=O) groups is 1. The Morgan fingerprint density at radius 3 is 2.89 bits per heavy atom. The van der Waals surface area contributed by atoms with Crippen molar-refractivity contribution < 1.29 is 4.79 Å². The molecule has 2 heterocycles. The van der Waals surface area contributed by atoms with E-state index in [-0.39, 0.29) is 12.5 Å². The molecule has 0 spiro atoms. The topological polar surface area (TPSA) is 76.2 Å². The molecular weight excluding hydrogens is 242 g/mol. The van der Waals surface area contributed by atoms with Crippen LogP contribution in [0, 0.1) is 0 Å². The van der Waals surface area contributed by atoms with Crippen molar-refractivity contribution in [3.8, 4) is 0 Å². The first kappa shape index (κ1) is 13.9. The summed E-state index contributed by atoms with van der Waals surface area (Å²) in [6.07, 6.45) is 7.12. The fourth-order valence-electron chi connectivity index (χ4n) is 2.54. The highest BCUT2D eigenvalue weighted by Crippen LogP contribution is 2.16. The Bertz CT molecular complexity index is 409. The van der Waals surface area contributed by atoms with Gasteiger partial charge in [-0.05, 0) is 25.8 Å². The van der Waals surface area contributed by atoms with Crippen molar-refractivity contribution in [1.29, 1.82) is 0 Å². The summed E-state index contributed by atoms with van der Waals surface area (Å²) in [5.74, 6) is -0.373. The van der Waals surface area contributed by atoms with Gasteiger partial charge in [-0.3, -0.25) is 9.48 Å². The number of hydrogen-bond acceptors (Lipinski definition) is 4. The summed E-state index contributed by atoms with van der Waals surface area (Å²) in [7, 11) is 0. The molecule has 0 unspecified atom stereocenters. The zero-order valence-electron chi connectivity index (χ0n) is 11.5. The van der Waals surface area contributed by atoms with Crippen LogP contribution in [0.15, 0.2) is 12.4 Å². The van der Waals surface area contributed by atoms with E-state index in [9.17, 15) is 4.79 Å². The van der Waals surface area contributed by atoms with Crippen molar-refractivity contribution in [3.05, 3.63) is 12.4 Å². The van der Waals surface area contributed by atoms with Gasteiger partial charge in [0.25, 0.3) is 0 Å². The Kier molecular flexibility index (Phi) is 4.79. The second kappa shape index (κ2) is 6.56. The van der Waals surface area contributed by atoms with E-state index in [0.29, 0.717) is 6.04 Å². The molecule has 0 aliphatic carbocycles. The maximum atomic E-state index is 10.8. The molecule has 3 N–H and O–H groups in total. The Balaban J connectivity index is 1.79. The zero-order chi connectivity index (χ0) is 13.7. The molecule has 0 bridgehead atoms. The van der Waals surface area contributed by atoms with Gasteiger partial charge < -0.3 is 16.0 Å². The number of piperidine rings is 1. The molecule has 106 valence electrons. The summed E-state index contributed by atoms with van der Waals surface area (Å²) in [5, 5.41) is 7.58. The number of nitrogens with zero attached hydrogens (tertiary/aromatic N) is 3. The highest BCUT2D eigenvalue weighted by atomic mass is 16.1. The first-order valence-corrected chi connectivity index (χ1v) is 6.97. The summed E-state index contributed by atoms with van der Waals surface area (Å²) < 4.78 is 1.57. The van der Waals surface area contributed by atoms with E-state index in [4.69, 9.17) is 5.73 Å². The minimum absolute atomic E-state index is 0.136. The minimum Gasteiger partial charge on any atom is -0.380 e. The average Bonchev–Trinajstić information content (AvgIpc) is 2.78. The third-order valence-corrected chi connectivity index (χ3v) is 3.45. The number of amides is 1. The van der Waals surface area contributed by atoms with Crippen LogP contribution in [0.5, 0.6) is 0 Å². The predicted molar refractivity (Wildman–Crippen MR) is 74.8 cm³/mol. The number of primary amides is 1. The number of nitrogens with one attached hydrogen (secondary N) is 1. The third-order valence-electron chi connectivity index (χ3n) is 3.45. The molecule has 1 amide bonds. The number of carbonyl (C=O) groups excluding carboxylic acids is 1. The van der Waals surface area contributed by atoms with Crippen LogP contribution in [0.2, 0.25) is 0 Å². The normalized spacial score (nSPS) is 17.5. The monoisotopic (exact) mass is 265 g/mol. The zero-order valence-corrected chi connectivity index (χ0v) is 11.5. The molecule has 1 aliphatic rings. The molecular formula is C13H23N5O. The molecule has 1 saturated heterocycles. The Morgan fingerprint density at radius 1 is 1.53 bits per heavy atom. The largest absolute Gasteiger partial charge is 0.380 e. The lowest BCUT2D eigenvalue weighted by Crippen LogP contribution is -2.39. The van der Waals surface area contributed by atoms with Crippen LogP contribution in [-0.4, -0.2) is 46.3 Å². The van der Waals surface area contributed by atoms with Gasteiger partial charge in [-0.15, -0.1) is 0 Å². The lowest BCUT2D eigenvalue weighted by molar-refractivity contribution is -0.118. The van der Waals surface area contributed by atoms with Crippen molar-refractivity contribution in [2.45, 2.75) is 38.8 Å². The lowest BCUT2D eigenvalue weighted by Gasteiger charge is -2.32. The van der Waals surface area contributed by atoms with E-state index in [1.165, 1.54) is 13.0 Å². The molecule has 19 heavy (non-hydrogen) atoms. The van der Waals surface area contributed by atoms with Crippen LogP contribution in [0.1, 0.15) is 26.2 Å². The van der Waals surface area contributed by atoms with Crippen LogP contribution in [0.3, 0.4) is 0 Å².